The number of carbonyl (C=O) groups is 1. The third-order valence-electron chi connectivity index (χ3n) is 2.43. The molecular formula is C11H10ClF2NO2. The van der Waals surface area contributed by atoms with Gasteiger partial charge in [0.2, 0.25) is 0 Å². The van der Waals surface area contributed by atoms with Crippen LogP contribution >= 0.6 is 11.6 Å². The van der Waals surface area contributed by atoms with E-state index in [1.54, 1.807) is 18.2 Å². The summed E-state index contributed by atoms with van der Waals surface area (Å²) in [5.41, 5.74) is 0.624. The third-order valence-corrected chi connectivity index (χ3v) is 2.73. The predicted octanol–water partition coefficient (Wildman–Crippen LogP) is 2.37. The minimum absolute atomic E-state index is 0.0825. The minimum atomic E-state index is -2.61. The van der Waals surface area contributed by atoms with E-state index in [1.165, 1.54) is 4.90 Å². The monoisotopic (exact) mass is 261 g/mol. The average Bonchev–Trinajstić information content (AvgIpc) is 2.24. The zero-order valence-corrected chi connectivity index (χ0v) is 9.58. The first-order chi connectivity index (χ1) is 8.02. The van der Waals surface area contributed by atoms with E-state index in [9.17, 15) is 13.6 Å². The number of alkyl halides is 2. The summed E-state index contributed by atoms with van der Waals surface area (Å²) in [5.74, 6) is -2.24. The van der Waals surface area contributed by atoms with Crippen molar-refractivity contribution < 1.29 is 18.3 Å². The minimum Gasteiger partial charge on any atom is -0.485 e. The van der Waals surface area contributed by atoms with Gasteiger partial charge in [-0.2, -0.15) is 0 Å². The highest BCUT2D eigenvalue weighted by Crippen LogP contribution is 2.35. The van der Waals surface area contributed by atoms with Crippen LogP contribution in [0.5, 0.6) is 5.75 Å². The molecule has 1 aliphatic heterocycles. The summed E-state index contributed by atoms with van der Waals surface area (Å²) < 4.78 is 30.4. The van der Waals surface area contributed by atoms with Gasteiger partial charge in [0.25, 0.3) is 5.92 Å². The van der Waals surface area contributed by atoms with Gasteiger partial charge in [0.1, 0.15) is 12.4 Å². The van der Waals surface area contributed by atoms with Crippen molar-refractivity contribution in [2.75, 3.05) is 24.6 Å². The molecule has 0 atom stereocenters. The van der Waals surface area contributed by atoms with E-state index in [0.717, 1.165) is 0 Å². The Morgan fingerprint density at radius 1 is 1.47 bits per heavy atom. The number of carbonyl (C=O) groups excluding carboxylic acids is 1. The number of hydrogen-bond acceptors (Lipinski definition) is 3. The van der Waals surface area contributed by atoms with Gasteiger partial charge in [-0.1, -0.05) is 11.6 Å². The molecule has 0 unspecified atom stereocenters. The zero-order chi connectivity index (χ0) is 12.5. The van der Waals surface area contributed by atoms with E-state index in [1.807, 2.05) is 0 Å². The lowest BCUT2D eigenvalue weighted by Crippen LogP contribution is -2.56. The Morgan fingerprint density at radius 2 is 2.18 bits per heavy atom. The van der Waals surface area contributed by atoms with Crippen LogP contribution in [-0.4, -0.2) is 31.9 Å². The number of benzene rings is 1. The number of aldehydes is 1. The highest BCUT2D eigenvalue weighted by atomic mass is 35.5. The van der Waals surface area contributed by atoms with Gasteiger partial charge in [-0.05, 0) is 18.2 Å². The second-order valence-corrected chi connectivity index (χ2v) is 4.21. The highest BCUT2D eigenvalue weighted by molar-refractivity contribution is 6.32. The molecule has 92 valence electrons. The Kier molecular flexibility index (Phi) is 3.19. The smallest absolute Gasteiger partial charge is 0.282 e. The van der Waals surface area contributed by atoms with E-state index in [4.69, 9.17) is 16.3 Å². The molecule has 1 aromatic carbocycles. The maximum Gasteiger partial charge on any atom is 0.282 e. The van der Waals surface area contributed by atoms with Gasteiger partial charge in [0, 0.05) is 5.69 Å². The van der Waals surface area contributed by atoms with Crippen LogP contribution in [0.3, 0.4) is 0 Å². The van der Waals surface area contributed by atoms with Crippen LogP contribution in [0.25, 0.3) is 0 Å². The fourth-order valence-electron chi connectivity index (χ4n) is 1.62. The molecule has 1 fully saturated rings. The van der Waals surface area contributed by atoms with Crippen molar-refractivity contribution in [3.8, 4) is 5.75 Å². The fourth-order valence-corrected chi connectivity index (χ4v) is 1.85. The summed E-state index contributed by atoms with van der Waals surface area (Å²) in [6, 6.07) is 4.76. The van der Waals surface area contributed by atoms with Crippen molar-refractivity contribution in [3.05, 3.63) is 23.2 Å². The Bertz CT molecular complexity index is 431. The van der Waals surface area contributed by atoms with Gasteiger partial charge in [-0.25, -0.2) is 8.78 Å². The molecule has 6 heteroatoms. The Balaban J connectivity index is 2.06. The molecule has 2 rings (SSSR count). The van der Waals surface area contributed by atoms with Gasteiger partial charge < -0.3 is 9.64 Å². The molecule has 0 amide bonds. The maximum absolute atomic E-state index is 12.7. The topological polar surface area (TPSA) is 29.5 Å². The maximum atomic E-state index is 12.7. The zero-order valence-electron chi connectivity index (χ0n) is 8.83. The molecule has 0 N–H and O–H groups in total. The van der Waals surface area contributed by atoms with Crippen LogP contribution < -0.4 is 9.64 Å². The Labute approximate surface area is 102 Å². The largest absolute Gasteiger partial charge is 0.485 e. The Hall–Kier alpha value is -1.36. The molecule has 1 aromatic rings. The highest BCUT2D eigenvalue weighted by Gasteiger charge is 2.43. The molecule has 0 bridgehead atoms. The molecule has 0 aromatic heterocycles. The summed E-state index contributed by atoms with van der Waals surface area (Å²) in [7, 11) is 0. The van der Waals surface area contributed by atoms with Crippen LogP contribution in [0.2, 0.25) is 5.02 Å². The second-order valence-electron chi connectivity index (χ2n) is 3.80. The number of anilines is 1. The van der Waals surface area contributed by atoms with Crippen molar-refractivity contribution in [2.24, 2.45) is 0 Å². The summed E-state index contributed by atoms with van der Waals surface area (Å²) in [6.07, 6.45) is 0.611. The van der Waals surface area contributed by atoms with Crippen molar-refractivity contribution in [3.63, 3.8) is 0 Å². The summed E-state index contributed by atoms with van der Waals surface area (Å²) in [5, 5.41) is 0.305. The van der Waals surface area contributed by atoms with E-state index < -0.39 is 5.92 Å². The second kappa shape index (κ2) is 4.49. The number of ether oxygens (including phenoxy) is 1. The van der Waals surface area contributed by atoms with Crippen molar-refractivity contribution in [1.29, 1.82) is 0 Å². The number of hydrogen-bond donors (Lipinski definition) is 0. The molecule has 0 aliphatic carbocycles. The normalized spacial score (nSPS) is 17.5. The first kappa shape index (κ1) is 12.1. The molecule has 0 spiro atoms. The van der Waals surface area contributed by atoms with Gasteiger partial charge in [0.05, 0.1) is 18.1 Å². The number of nitrogens with zero attached hydrogens (tertiary/aromatic N) is 1. The van der Waals surface area contributed by atoms with Crippen LogP contribution in [-0.2, 0) is 4.79 Å². The molecule has 1 saturated heterocycles. The molecule has 3 nitrogen and oxygen atoms in total. The van der Waals surface area contributed by atoms with Gasteiger partial charge >= 0.3 is 0 Å². The van der Waals surface area contributed by atoms with E-state index >= 15 is 0 Å². The van der Waals surface area contributed by atoms with Gasteiger partial charge in [-0.3, -0.25) is 4.79 Å². The van der Waals surface area contributed by atoms with Crippen LogP contribution in [0.15, 0.2) is 18.2 Å². The summed E-state index contributed by atoms with van der Waals surface area (Å²) in [6.45, 7) is -0.670. The Morgan fingerprint density at radius 3 is 2.71 bits per heavy atom. The van der Waals surface area contributed by atoms with Crippen LogP contribution in [0.1, 0.15) is 0 Å². The fraction of sp³-hybridized carbons (Fsp3) is 0.364. The van der Waals surface area contributed by atoms with Gasteiger partial charge in [-0.15, -0.1) is 0 Å². The summed E-state index contributed by atoms with van der Waals surface area (Å²) in [4.78, 5) is 11.7. The molecule has 1 aliphatic rings. The number of halogens is 3. The van der Waals surface area contributed by atoms with E-state index in [-0.39, 0.29) is 19.7 Å². The van der Waals surface area contributed by atoms with Gasteiger partial charge in [0.15, 0.2) is 6.29 Å². The van der Waals surface area contributed by atoms with E-state index in [0.29, 0.717) is 22.7 Å². The molecular weight excluding hydrogens is 252 g/mol. The summed E-state index contributed by atoms with van der Waals surface area (Å²) >= 11 is 5.91. The molecule has 1 heterocycles. The van der Waals surface area contributed by atoms with E-state index in [2.05, 4.69) is 0 Å². The first-order valence-electron chi connectivity index (χ1n) is 5.00. The lowest BCUT2D eigenvalue weighted by Gasteiger charge is -2.40. The average molecular weight is 262 g/mol. The lowest BCUT2D eigenvalue weighted by molar-refractivity contribution is -0.109. The lowest BCUT2D eigenvalue weighted by atomic mass is 10.1. The molecule has 0 saturated carbocycles. The third kappa shape index (κ3) is 2.66. The SMILES string of the molecule is O=CCOc1ccc(N2CC(F)(F)C2)cc1Cl. The van der Waals surface area contributed by atoms with Crippen molar-refractivity contribution >= 4 is 23.6 Å². The molecule has 0 radical (unpaired) electrons. The van der Waals surface area contributed by atoms with Crippen molar-refractivity contribution in [2.45, 2.75) is 5.92 Å². The standard InChI is InChI=1S/C11H10ClF2NO2/c12-9-5-8(15-6-11(13,14)7-15)1-2-10(9)17-4-3-16/h1-3,5H,4,6-7H2. The van der Waals surface area contributed by atoms with Crippen LogP contribution in [0.4, 0.5) is 14.5 Å². The first-order valence-corrected chi connectivity index (χ1v) is 5.38. The van der Waals surface area contributed by atoms with Crippen molar-refractivity contribution in [1.82, 2.24) is 0 Å². The van der Waals surface area contributed by atoms with Crippen LogP contribution in [0, 0.1) is 0 Å². The predicted molar refractivity (Wildman–Crippen MR) is 60.2 cm³/mol. The quantitative estimate of drug-likeness (QED) is 0.780. The number of rotatable bonds is 4. The molecule has 17 heavy (non-hydrogen) atoms.